The van der Waals surface area contributed by atoms with Crippen LogP contribution in [0.1, 0.15) is 23.7 Å². The molecule has 0 saturated heterocycles. The molecule has 0 aliphatic carbocycles. The van der Waals surface area contributed by atoms with Crippen LogP contribution in [-0.2, 0) is 4.74 Å². The van der Waals surface area contributed by atoms with Crippen molar-refractivity contribution in [1.82, 2.24) is 0 Å². The fourth-order valence-electron chi connectivity index (χ4n) is 2.10. The van der Waals surface area contributed by atoms with Gasteiger partial charge in [0.05, 0.1) is 18.8 Å². The second-order valence-corrected chi connectivity index (χ2v) is 5.17. The number of hydrogen-bond donors (Lipinski definition) is 1. The maximum absolute atomic E-state index is 12.5. The first-order valence-corrected chi connectivity index (χ1v) is 7.99. The van der Waals surface area contributed by atoms with Gasteiger partial charge in [-0.1, -0.05) is 25.1 Å². The quantitative estimate of drug-likeness (QED) is 0.712. The summed E-state index contributed by atoms with van der Waals surface area (Å²) in [5.41, 5.74) is 1.18. The molecule has 0 radical (unpaired) electrons. The minimum atomic E-state index is -0.212. The van der Waals surface area contributed by atoms with Crippen molar-refractivity contribution in [2.24, 2.45) is 0 Å². The molecule has 0 fully saturated rings. The highest BCUT2D eigenvalue weighted by molar-refractivity contribution is 6.06. The summed E-state index contributed by atoms with van der Waals surface area (Å²) in [6.45, 7) is 3.57. The van der Waals surface area contributed by atoms with Crippen LogP contribution >= 0.6 is 0 Å². The van der Waals surface area contributed by atoms with Gasteiger partial charge in [-0.25, -0.2) is 0 Å². The Labute approximate surface area is 142 Å². The largest absolute Gasteiger partial charge is 0.493 e. The van der Waals surface area contributed by atoms with E-state index in [1.165, 1.54) is 0 Å². The molecule has 0 spiro atoms. The SMILES string of the molecule is CCCOc1ccccc1C(=O)Nc1cccc(OCCOC)c1. The highest BCUT2D eigenvalue weighted by Gasteiger charge is 2.12. The van der Waals surface area contributed by atoms with Crippen molar-refractivity contribution in [1.29, 1.82) is 0 Å². The predicted molar refractivity (Wildman–Crippen MR) is 94.0 cm³/mol. The molecule has 1 amide bonds. The Morgan fingerprint density at radius 2 is 1.83 bits per heavy atom. The van der Waals surface area contributed by atoms with E-state index in [1.807, 2.05) is 37.3 Å². The van der Waals surface area contributed by atoms with Gasteiger partial charge in [0.25, 0.3) is 5.91 Å². The zero-order valence-corrected chi connectivity index (χ0v) is 14.1. The summed E-state index contributed by atoms with van der Waals surface area (Å²) in [6, 6.07) is 14.5. The number of carbonyl (C=O) groups excluding carboxylic acids is 1. The van der Waals surface area contributed by atoms with Crippen LogP contribution in [0.5, 0.6) is 11.5 Å². The molecule has 24 heavy (non-hydrogen) atoms. The van der Waals surface area contributed by atoms with E-state index in [9.17, 15) is 4.79 Å². The van der Waals surface area contributed by atoms with Crippen molar-refractivity contribution in [3.63, 3.8) is 0 Å². The predicted octanol–water partition coefficient (Wildman–Crippen LogP) is 3.75. The van der Waals surface area contributed by atoms with E-state index in [1.54, 1.807) is 25.3 Å². The minimum Gasteiger partial charge on any atom is -0.493 e. The van der Waals surface area contributed by atoms with Gasteiger partial charge in [0, 0.05) is 18.9 Å². The normalized spacial score (nSPS) is 10.2. The molecule has 0 saturated carbocycles. The lowest BCUT2D eigenvalue weighted by molar-refractivity contribution is 0.102. The van der Waals surface area contributed by atoms with Gasteiger partial charge >= 0.3 is 0 Å². The maximum Gasteiger partial charge on any atom is 0.259 e. The fraction of sp³-hybridized carbons (Fsp3) is 0.316. The third-order valence-electron chi connectivity index (χ3n) is 3.24. The number of nitrogens with one attached hydrogen (secondary N) is 1. The number of ether oxygens (including phenoxy) is 3. The molecule has 0 atom stereocenters. The molecule has 0 heterocycles. The van der Waals surface area contributed by atoms with Crippen LogP contribution < -0.4 is 14.8 Å². The second kappa shape index (κ2) is 9.57. The average Bonchev–Trinajstić information content (AvgIpc) is 2.61. The van der Waals surface area contributed by atoms with Gasteiger partial charge in [0.15, 0.2) is 0 Å². The first kappa shape index (κ1) is 17.8. The fourth-order valence-corrected chi connectivity index (χ4v) is 2.10. The number of para-hydroxylation sites is 1. The van der Waals surface area contributed by atoms with Gasteiger partial charge in [-0.05, 0) is 30.7 Å². The number of benzene rings is 2. The van der Waals surface area contributed by atoms with Crippen LogP contribution in [-0.4, -0.2) is 32.8 Å². The van der Waals surface area contributed by atoms with Gasteiger partial charge in [-0.3, -0.25) is 4.79 Å². The van der Waals surface area contributed by atoms with Gasteiger partial charge < -0.3 is 19.5 Å². The van der Waals surface area contributed by atoms with Crippen LogP contribution in [0.2, 0.25) is 0 Å². The Bertz CT molecular complexity index is 657. The first-order chi connectivity index (χ1) is 11.7. The van der Waals surface area contributed by atoms with Gasteiger partial charge in [0.2, 0.25) is 0 Å². The highest BCUT2D eigenvalue weighted by atomic mass is 16.5. The smallest absolute Gasteiger partial charge is 0.259 e. The van der Waals surface area contributed by atoms with E-state index in [-0.39, 0.29) is 5.91 Å². The van der Waals surface area contributed by atoms with Crippen molar-refractivity contribution in [2.75, 3.05) is 32.2 Å². The molecule has 0 aromatic heterocycles. The molecule has 5 nitrogen and oxygen atoms in total. The summed E-state index contributed by atoms with van der Waals surface area (Å²) in [4.78, 5) is 12.5. The summed E-state index contributed by atoms with van der Waals surface area (Å²) in [6.07, 6.45) is 0.886. The molecule has 5 heteroatoms. The molecular formula is C19H23NO4. The lowest BCUT2D eigenvalue weighted by Gasteiger charge is -2.12. The zero-order chi connectivity index (χ0) is 17.2. The Morgan fingerprint density at radius 1 is 1.00 bits per heavy atom. The Hall–Kier alpha value is -2.53. The number of hydrogen-bond acceptors (Lipinski definition) is 4. The first-order valence-electron chi connectivity index (χ1n) is 7.99. The van der Waals surface area contributed by atoms with E-state index in [4.69, 9.17) is 14.2 Å². The number of rotatable bonds is 9. The lowest BCUT2D eigenvalue weighted by Crippen LogP contribution is -2.14. The summed E-state index contributed by atoms with van der Waals surface area (Å²) >= 11 is 0. The van der Waals surface area contributed by atoms with E-state index < -0.39 is 0 Å². The topological polar surface area (TPSA) is 56.8 Å². The Kier molecular flexibility index (Phi) is 7.11. The monoisotopic (exact) mass is 329 g/mol. The molecule has 128 valence electrons. The van der Waals surface area contributed by atoms with Crippen molar-refractivity contribution >= 4 is 11.6 Å². The van der Waals surface area contributed by atoms with Crippen molar-refractivity contribution in [2.45, 2.75) is 13.3 Å². The Balaban J connectivity index is 2.05. The van der Waals surface area contributed by atoms with E-state index in [0.717, 1.165) is 6.42 Å². The third kappa shape index (κ3) is 5.28. The summed E-state index contributed by atoms with van der Waals surface area (Å²) in [7, 11) is 1.62. The summed E-state index contributed by atoms with van der Waals surface area (Å²) in [5, 5.41) is 2.88. The molecule has 0 aliphatic rings. The highest BCUT2D eigenvalue weighted by Crippen LogP contribution is 2.22. The molecule has 2 aromatic carbocycles. The van der Waals surface area contributed by atoms with Gasteiger partial charge in [0.1, 0.15) is 18.1 Å². The van der Waals surface area contributed by atoms with E-state index in [0.29, 0.717) is 42.6 Å². The molecule has 2 rings (SSSR count). The van der Waals surface area contributed by atoms with E-state index >= 15 is 0 Å². The lowest BCUT2D eigenvalue weighted by atomic mass is 10.2. The van der Waals surface area contributed by atoms with Crippen LogP contribution in [0.3, 0.4) is 0 Å². The number of anilines is 1. The minimum absolute atomic E-state index is 0.212. The summed E-state index contributed by atoms with van der Waals surface area (Å²) in [5.74, 6) is 1.06. The molecule has 0 aliphatic heterocycles. The third-order valence-corrected chi connectivity index (χ3v) is 3.24. The maximum atomic E-state index is 12.5. The van der Waals surface area contributed by atoms with Crippen molar-refractivity contribution < 1.29 is 19.0 Å². The molecular weight excluding hydrogens is 306 g/mol. The molecule has 2 aromatic rings. The number of amides is 1. The van der Waals surface area contributed by atoms with Crippen LogP contribution in [0.4, 0.5) is 5.69 Å². The van der Waals surface area contributed by atoms with Gasteiger partial charge in [-0.2, -0.15) is 0 Å². The standard InChI is InChI=1S/C19H23NO4/c1-3-11-24-18-10-5-4-9-17(18)19(21)20-15-7-6-8-16(14-15)23-13-12-22-2/h4-10,14H,3,11-13H2,1-2H3,(H,20,21). The molecule has 0 unspecified atom stereocenters. The molecule has 0 bridgehead atoms. The van der Waals surface area contributed by atoms with Gasteiger partial charge in [-0.15, -0.1) is 0 Å². The number of methoxy groups -OCH3 is 1. The van der Waals surface area contributed by atoms with Crippen LogP contribution in [0, 0.1) is 0 Å². The zero-order valence-electron chi connectivity index (χ0n) is 14.1. The second-order valence-electron chi connectivity index (χ2n) is 5.17. The van der Waals surface area contributed by atoms with Crippen LogP contribution in [0.25, 0.3) is 0 Å². The van der Waals surface area contributed by atoms with Crippen molar-refractivity contribution in [3.05, 3.63) is 54.1 Å². The summed E-state index contributed by atoms with van der Waals surface area (Å²) < 4.78 is 16.1. The number of carbonyl (C=O) groups is 1. The van der Waals surface area contributed by atoms with Crippen LogP contribution in [0.15, 0.2) is 48.5 Å². The molecule has 1 N–H and O–H groups in total. The Morgan fingerprint density at radius 3 is 2.62 bits per heavy atom. The average molecular weight is 329 g/mol. The van der Waals surface area contributed by atoms with Crippen molar-refractivity contribution in [3.8, 4) is 11.5 Å². The van der Waals surface area contributed by atoms with E-state index in [2.05, 4.69) is 5.32 Å².